The molecule has 20 heavy (non-hydrogen) atoms. The van der Waals surface area contributed by atoms with Crippen molar-refractivity contribution in [2.24, 2.45) is 0 Å². The number of aliphatic hydroxyl groups is 1. The number of aliphatic hydroxyl groups excluding tert-OH is 1. The first-order chi connectivity index (χ1) is 9.05. The first kappa shape index (κ1) is 17.1. The van der Waals surface area contributed by atoms with Crippen LogP contribution in [0.15, 0.2) is 18.2 Å². The summed E-state index contributed by atoms with van der Waals surface area (Å²) < 4.78 is 64.5. The Kier molecular flexibility index (Phi) is 5.28. The fourth-order valence-corrected chi connectivity index (χ4v) is 3.23. The van der Waals surface area contributed by atoms with E-state index in [9.17, 15) is 21.6 Å². The lowest BCUT2D eigenvalue weighted by molar-refractivity contribution is -0.196. The van der Waals surface area contributed by atoms with Crippen LogP contribution in [0.1, 0.15) is 5.56 Å². The van der Waals surface area contributed by atoms with Gasteiger partial charge in [0.1, 0.15) is 5.75 Å². The molecular weight excluding hydrogens is 321 g/mol. The van der Waals surface area contributed by atoms with E-state index in [0.29, 0.717) is 5.75 Å². The van der Waals surface area contributed by atoms with Crippen molar-refractivity contribution in [3.05, 3.63) is 28.8 Å². The Bertz CT molecular complexity index is 572. The molecule has 0 saturated carbocycles. The highest BCUT2D eigenvalue weighted by atomic mass is 35.5. The van der Waals surface area contributed by atoms with Crippen LogP contribution in [0.3, 0.4) is 0 Å². The van der Waals surface area contributed by atoms with Gasteiger partial charge in [0.2, 0.25) is 0 Å². The molecule has 0 aliphatic heterocycles. The molecule has 1 aromatic rings. The second kappa shape index (κ2) is 6.19. The van der Waals surface area contributed by atoms with E-state index in [1.54, 1.807) is 0 Å². The summed E-state index contributed by atoms with van der Waals surface area (Å²) in [5.41, 5.74) is 0.141. The Balaban J connectivity index is 2.87. The maximum Gasteiger partial charge on any atom is 0.415 e. The highest BCUT2D eigenvalue weighted by Gasteiger charge is 2.41. The van der Waals surface area contributed by atoms with E-state index in [1.807, 2.05) is 0 Å². The van der Waals surface area contributed by atoms with Crippen molar-refractivity contribution in [2.75, 3.05) is 12.9 Å². The van der Waals surface area contributed by atoms with Crippen LogP contribution in [0, 0.1) is 0 Å². The van der Waals surface area contributed by atoms with Gasteiger partial charge in [0.25, 0.3) is 0 Å². The van der Waals surface area contributed by atoms with Gasteiger partial charge in [0.05, 0.1) is 18.6 Å². The van der Waals surface area contributed by atoms with Gasteiger partial charge in [-0.15, -0.1) is 0 Å². The van der Waals surface area contributed by atoms with E-state index >= 15 is 0 Å². The topological polar surface area (TPSA) is 63.6 Å². The van der Waals surface area contributed by atoms with Gasteiger partial charge in [-0.2, -0.15) is 13.2 Å². The molecule has 4 nitrogen and oxygen atoms in total. The zero-order valence-corrected chi connectivity index (χ0v) is 11.9. The SMILES string of the molecule is COc1ccc(CS(=O)(=O)C[C@@H](O)C(F)(F)F)c(Cl)c1. The maximum absolute atomic E-state index is 12.1. The molecule has 1 rings (SSSR count). The van der Waals surface area contributed by atoms with E-state index in [-0.39, 0.29) is 10.6 Å². The van der Waals surface area contributed by atoms with Gasteiger partial charge in [-0.1, -0.05) is 17.7 Å². The number of sulfone groups is 1. The summed E-state index contributed by atoms with van der Waals surface area (Å²) in [5.74, 6) is -1.70. The number of alkyl halides is 3. The normalized spacial score (nSPS) is 14.1. The Morgan fingerprint density at radius 2 is 2.00 bits per heavy atom. The third kappa shape index (κ3) is 4.84. The minimum absolute atomic E-state index is 0.0643. The molecule has 9 heteroatoms. The van der Waals surface area contributed by atoms with Gasteiger partial charge in [-0.05, 0) is 17.7 Å². The summed E-state index contributed by atoms with van der Waals surface area (Å²) in [7, 11) is -2.76. The Morgan fingerprint density at radius 3 is 2.45 bits per heavy atom. The average molecular weight is 333 g/mol. The lowest BCUT2D eigenvalue weighted by Crippen LogP contribution is -2.35. The summed E-state index contributed by atoms with van der Waals surface area (Å²) in [6.45, 7) is 0. The number of methoxy groups -OCH3 is 1. The molecule has 0 fully saturated rings. The van der Waals surface area contributed by atoms with Gasteiger partial charge in [-0.3, -0.25) is 0 Å². The molecule has 0 spiro atoms. The van der Waals surface area contributed by atoms with Gasteiger partial charge in [-0.25, -0.2) is 8.42 Å². The van der Waals surface area contributed by atoms with Crippen LogP contribution in [0.4, 0.5) is 13.2 Å². The van der Waals surface area contributed by atoms with Gasteiger partial charge in [0.15, 0.2) is 15.9 Å². The lowest BCUT2D eigenvalue weighted by Gasteiger charge is -2.15. The van der Waals surface area contributed by atoms with Crippen molar-refractivity contribution in [1.29, 1.82) is 0 Å². The van der Waals surface area contributed by atoms with Crippen molar-refractivity contribution in [3.63, 3.8) is 0 Å². The second-order valence-electron chi connectivity index (χ2n) is 4.07. The lowest BCUT2D eigenvalue weighted by atomic mass is 10.2. The summed E-state index contributed by atoms with van der Waals surface area (Å²) in [4.78, 5) is 0. The van der Waals surface area contributed by atoms with Gasteiger partial charge >= 0.3 is 6.18 Å². The predicted octanol–water partition coefficient (Wildman–Crippen LogP) is 2.19. The van der Waals surface area contributed by atoms with Crippen molar-refractivity contribution in [3.8, 4) is 5.75 Å². The van der Waals surface area contributed by atoms with Gasteiger partial charge in [0, 0.05) is 5.02 Å². The van der Waals surface area contributed by atoms with E-state index in [2.05, 4.69) is 0 Å². The van der Waals surface area contributed by atoms with Crippen LogP contribution in [0.25, 0.3) is 0 Å². The number of ether oxygens (including phenoxy) is 1. The molecule has 0 saturated heterocycles. The van der Waals surface area contributed by atoms with E-state index in [0.717, 1.165) is 0 Å². The molecule has 0 radical (unpaired) electrons. The third-order valence-corrected chi connectivity index (χ3v) is 4.35. The van der Waals surface area contributed by atoms with Crippen LogP contribution in [-0.4, -0.2) is 38.7 Å². The van der Waals surface area contributed by atoms with Crippen LogP contribution in [0.2, 0.25) is 5.02 Å². The standard InChI is InChI=1S/C11H12ClF3O4S/c1-19-8-3-2-7(9(12)4-8)5-20(17,18)6-10(16)11(13,14)15/h2-4,10,16H,5-6H2,1H3/t10-/m1/s1. The fraction of sp³-hybridized carbons (Fsp3) is 0.455. The molecule has 0 bridgehead atoms. The molecule has 0 aliphatic rings. The van der Waals surface area contributed by atoms with E-state index < -0.39 is 33.6 Å². The highest BCUT2D eigenvalue weighted by Crippen LogP contribution is 2.26. The molecule has 0 heterocycles. The average Bonchev–Trinajstić information content (AvgIpc) is 2.29. The van der Waals surface area contributed by atoms with Crippen LogP contribution in [-0.2, 0) is 15.6 Å². The largest absolute Gasteiger partial charge is 0.497 e. The Morgan fingerprint density at radius 1 is 1.40 bits per heavy atom. The van der Waals surface area contributed by atoms with Gasteiger partial charge < -0.3 is 9.84 Å². The molecule has 0 aromatic heterocycles. The Hall–Kier alpha value is -0.990. The minimum Gasteiger partial charge on any atom is -0.497 e. The number of hydrogen-bond donors (Lipinski definition) is 1. The quantitative estimate of drug-likeness (QED) is 0.897. The molecule has 1 aromatic carbocycles. The molecular formula is C11H12ClF3O4S. The van der Waals surface area contributed by atoms with Crippen molar-refractivity contribution in [1.82, 2.24) is 0 Å². The van der Waals surface area contributed by atoms with Crippen LogP contribution < -0.4 is 4.74 Å². The van der Waals surface area contributed by atoms with Crippen LogP contribution >= 0.6 is 11.6 Å². The minimum atomic E-state index is -4.98. The maximum atomic E-state index is 12.1. The molecule has 1 atom stereocenters. The number of rotatable bonds is 5. The van der Waals surface area contributed by atoms with Crippen molar-refractivity contribution >= 4 is 21.4 Å². The number of halogens is 4. The zero-order chi connectivity index (χ0) is 15.6. The van der Waals surface area contributed by atoms with E-state index in [4.69, 9.17) is 21.4 Å². The first-order valence-corrected chi connectivity index (χ1v) is 7.53. The summed E-state index contributed by atoms with van der Waals surface area (Å²) >= 11 is 5.81. The molecule has 114 valence electrons. The molecule has 0 amide bonds. The molecule has 1 N–H and O–H groups in total. The Labute approximate surface area is 119 Å². The summed E-state index contributed by atoms with van der Waals surface area (Å²) in [6, 6.07) is 4.14. The number of hydrogen-bond acceptors (Lipinski definition) is 4. The third-order valence-electron chi connectivity index (χ3n) is 2.43. The van der Waals surface area contributed by atoms with Crippen molar-refractivity contribution in [2.45, 2.75) is 18.0 Å². The fourth-order valence-electron chi connectivity index (χ4n) is 1.40. The molecule has 0 unspecified atom stereocenters. The molecule has 0 aliphatic carbocycles. The monoisotopic (exact) mass is 332 g/mol. The smallest absolute Gasteiger partial charge is 0.415 e. The predicted molar refractivity (Wildman–Crippen MR) is 67.6 cm³/mol. The summed E-state index contributed by atoms with van der Waals surface area (Å²) in [6.07, 6.45) is -7.89. The zero-order valence-electron chi connectivity index (χ0n) is 10.3. The van der Waals surface area contributed by atoms with E-state index in [1.165, 1.54) is 25.3 Å². The second-order valence-corrected chi connectivity index (χ2v) is 6.59. The number of benzene rings is 1. The van der Waals surface area contributed by atoms with Crippen molar-refractivity contribution < 1.29 is 31.4 Å². The van der Waals surface area contributed by atoms with Crippen LogP contribution in [0.5, 0.6) is 5.75 Å². The highest BCUT2D eigenvalue weighted by molar-refractivity contribution is 7.90. The first-order valence-electron chi connectivity index (χ1n) is 5.33. The summed E-state index contributed by atoms with van der Waals surface area (Å²) in [5, 5.41) is 8.86.